The lowest BCUT2D eigenvalue weighted by atomic mass is 10.2. The number of carbonyl (C=O) groups is 2. The molecule has 3 aromatic rings. The predicted octanol–water partition coefficient (Wildman–Crippen LogP) is 4.01. The molecule has 0 saturated carbocycles. The summed E-state index contributed by atoms with van der Waals surface area (Å²) in [6.07, 6.45) is 0. The summed E-state index contributed by atoms with van der Waals surface area (Å²) >= 11 is 8.18. The van der Waals surface area contributed by atoms with Crippen LogP contribution >= 0.6 is 34.9 Å². The molecule has 0 aliphatic carbocycles. The molecule has 8 nitrogen and oxygen atoms in total. The van der Waals surface area contributed by atoms with Gasteiger partial charge in [-0.3, -0.25) is 4.79 Å². The molecule has 0 fully saturated rings. The largest absolute Gasteiger partial charge is 0.455 e. The number of rotatable bonds is 7. The Labute approximate surface area is 184 Å². The monoisotopic (exact) mass is 463 g/mol. The van der Waals surface area contributed by atoms with Crippen LogP contribution in [0.3, 0.4) is 0 Å². The van der Waals surface area contributed by atoms with Crippen molar-refractivity contribution in [1.29, 1.82) is 0 Å². The van der Waals surface area contributed by atoms with E-state index < -0.39 is 5.97 Å². The number of hydrogen-bond donors (Lipinski definition) is 1. The van der Waals surface area contributed by atoms with Gasteiger partial charge in [-0.15, -0.1) is 16.9 Å². The highest BCUT2D eigenvalue weighted by Gasteiger charge is 2.17. The van der Waals surface area contributed by atoms with Crippen LogP contribution < -0.4 is 14.8 Å². The van der Waals surface area contributed by atoms with Crippen molar-refractivity contribution in [3.05, 3.63) is 58.1 Å². The molecule has 2 aromatic carbocycles. The highest BCUT2D eigenvalue weighted by Crippen LogP contribution is 2.34. The summed E-state index contributed by atoms with van der Waals surface area (Å²) in [6, 6.07) is 12.1. The van der Waals surface area contributed by atoms with Gasteiger partial charge in [-0.2, -0.15) is 0 Å². The molecule has 11 heteroatoms. The molecule has 0 spiro atoms. The third-order valence-electron chi connectivity index (χ3n) is 3.97. The zero-order valence-corrected chi connectivity index (χ0v) is 17.7. The second kappa shape index (κ2) is 9.33. The van der Waals surface area contributed by atoms with Gasteiger partial charge >= 0.3 is 5.97 Å². The standard InChI is InChI=1S/C19H14ClN3O5S2/c20-18-13(22-23-30-18)8-26-19(25)12-3-1-2-4-16(12)29-9-17(24)21-11-5-6-14-15(7-11)28-10-27-14/h1-7H,8-10H2,(H,21,24). The zero-order valence-electron chi connectivity index (χ0n) is 15.3. The molecule has 0 saturated heterocycles. The van der Waals surface area contributed by atoms with Crippen molar-refractivity contribution < 1.29 is 23.8 Å². The first-order valence-corrected chi connectivity index (χ1v) is 10.8. The fourth-order valence-electron chi connectivity index (χ4n) is 2.57. The van der Waals surface area contributed by atoms with Crippen molar-refractivity contribution in [1.82, 2.24) is 9.59 Å². The Morgan fingerprint density at radius 3 is 2.87 bits per heavy atom. The van der Waals surface area contributed by atoms with Crippen molar-refractivity contribution in [2.45, 2.75) is 11.5 Å². The van der Waals surface area contributed by atoms with E-state index in [1.807, 2.05) is 0 Å². The lowest BCUT2D eigenvalue weighted by Crippen LogP contribution is -2.14. The molecule has 1 amide bonds. The highest BCUT2D eigenvalue weighted by molar-refractivity contribution is 8.00. The summed E-state index contributed by atoms with van der Waals surface area (Å²) in [5.74, 6) is 0.592. The van der Waals surface area contributed by atoms with E-state index >= 15 is 0 Å². The van der Waals surface area contributed by atoms with Gasteiger partial charge in [-0.05, 0) is 24.3 Å². The topological polar surface area (TPSA) is 99.6 Å². The minimum Gasteiger partial charge on any atom is -0.455 e. The number of aromatic nitrogens is 2. The van der Waals surface area contributed by atoms with Crippen LogP contribution in [0.1, 0.15) is 16.1 Å². The summed E-state index contributed by atoms with van der Waals surface area (Å²) in [6.45, 7) is 0.0957. The summed E-state index contributed by atoms with van der Waals surface area (Å²) < 4.78 is 19.9. The first-order valence-electron chi connectivity index (χ1n) is 8.65. The summed E-state index contributed by atoms with van der Waals surface area (Å²) in [7, 11) is 0. The molecule has 2 heterocycles. The Balaban J connectivity index is 1.35. The third-order valence-corrected chi connectivity index (χ3v) is 6.03. The Bertz CT molecular complexity index is 1090. The fraction of sp³-hybridized carbons (Fsp3) is 0.158. The minimum absolute atomic E-state index is 0.0717. The molecule has 1 aromatic heterocycles. The van der Waals surface area contributed by atoms with Crippen LogP contribution in [-0.2, 0) is 16.1 Å². The number of carbonyl (C=O) groups excluding carboxylic acids is 2. The normalized spacial score (nSPS) is 11.9. The number of ether oxygens (including phenoxy) is 3. The number of hydrogen-bond acceptors (Lipinski definition) is 9. The molecule has 1 N–H and O–H groups in total. The SMILES string of the molecule is O=C(CSc1ccccc1C(=O)OCc1nnsc1Cl)Nc1ccc2c(c1)OCO2. The van der Waals surface area contributed by atoms with E-state index in [9.17, 15) is 9.59 Å². The van der Waals surface area contributed by atoms with E-state index in [1.54, 1.807) is 42.5 Å². The number of fused-ring (bicyclic) bond motifs is 1. The van der Waals surface area contributed by atoms with Gasteiger partial charge in [0.05, 0.1) is 11.3 Å². The van der Waals surface area contributed by atoms with E-state index in [-0.39, 0.29) is 25.1 Å². The van der Waals surface area contributed by atoms with Crippen LogP contribution in [0.4, 0.5) is 5.69 Å². The quantitative estimate of drug-likeness (QED) is 0.414. The van der Waals surface area contributed by atoms with Gasteiger partial charge in [0.1, 0.15) is 16.6 Å². The first-order chi connectivity index (χ1) is 14.6. The molecule has 4 rings (SSSR count). The van der Waals surface area contributed by atoms with Gasteiger partial charge in [0.2, 0.25) is 12.7 Å². The van der Waals surface area contributed by atoms with Gasteiger partial charge in [-0.1, -0.05) is 28.2 Å². The molecular weight excluding hydrogens is 450 g/mol. The van der Waals surface area contributed by atoms with Crippen molar-refractivity contribution in [3.63, 3.8) is 0 Å². The van der Waals surface area contributed by atoms with Crippen molar-refractivity contribution in [2.24, 2.45) is 0 Å². The van der Waals surface area contributed by atoms with E-state index in [2.05, 4.69) is 14.9 Å². The maximum Gasteiger partial charge on any atom is 0.339 e. The van der Waals surface area contributed by atoms with Crippen molar-refractivity contribution in [3.8, 4) is 11.5 Å². The van der Waals surface area contributed by atoms with E-state index in [0.29, 0.717) is 37.7 Å². The number of thioether (sulfide) groups is 1. The third kappa shape index (κ3) is 4.84. The molecule has 0 unspecified atom stereocenters. The predicted molar refractivity (Wildman–Crippen MR) is 112 cm³/mol. The molecule has 0 bridgehead atoms. The fourth-order valence-corrected chi connectivity index (χ4v) is 4.01. The first kappa shape index (κ1) is 20.5. The van der Waals surface area contributed by atoms with Gasteiger partial charge in [0.25, 0.3) is 0 Å². The molecule has 1 aliphatic heterocycles. The summed E-state index contributed by atoms with van der Waals surface area (Å²) in [4.78, 5) is 25.4. The van der Waals surface area contributed by atoms with Crippen molar-refractivity contribution in [2.75, 3.05) is 17.9 Å². The Kier molecular flexibility index (Phi) is 6.36. The number of esters is 1. The highest BCUT2D eigenvalue weighted by atomic mass is 35.5. The molecule has 0 radical (unpaired) electrons. The smallest absolute Gasteiger partial charge is 0.339 e. The second-order valence-electron chi connectivity index (χ2n) is 5.97. The van der Waals surface area contributed by atoms with Crippen molar-refractivity contribution >= 4 is 52.5 Å². The number of nitrogens with one attached hydrogen (secondary N) is 1. The average Bonchev–Trinajstić information content (AvgIpc) is 3.39. The van der Waals surface area contributed by atoms with Crippen LogP contribution in [-0.4, -0.2) is 34.0 Å². The Hall–Kier alpha value is -2.82. The number of nitrogens with zero attached hydrogens (tertiary/aromatic N) is 2. The summed E-state index contributed by atoms with van der Waals surface area (Å²) in [5.41, 5.74) is 1.37. The van der Waals surface area contributed by atoms with Crippen LogP contribution in [0.25, 0.3) is 0 Å². The maximum absolute atomic E-state index is 12.5. The summed E-state index contributed by atoms with van der Waals surface area (Å²) in [5, 5.41) is 6.61. The Morgan fingerprint density at radius 2 is 2.03 bits per heavy atom. The molecular formula is C19H14ClN3O5S2. The zero-order chi connectivity index (χ0) is 20.9. The second-order valence-corrected chi connectivity index (χ2v) is 8.34. The van der Waals surface area contributed by atoms with Crippen LogP contribution in [0.5, 0.6) is 11.5 Å². The van der Waals surface area contributed by atoms with Gasteiger partial charge in [-0.25, -0.2) is 4.79 Å². The van der Waals surface area contributed by atoms with E-state index in [1.165, 1.54) is 11.8 Å². The average molecular weight is 464 g/mol. The van der Waals surface area contributed by atoms with Gasteiger partial charge in [0.15, 0.2) is 11.5 Å². The minimum atomic E-state index is -0.529. The number of amides is 1. The van der Waals surface area contributed by atoms with E-state index in [0.717, 1.165) is 11.5 Å². The van der Waals surface area contributed by atoms with Crippen LogP contribution in [0.15, 0.2) is 47.4 Å². The molecule has 1 aliphatic rings. The number of halogens is 1. The van der Waals surface area contributed by atoms with Crippen LogP contribution in [0.2, 0.25) is 4.34 Å². The van der Waals surface area contributed by atoms with Crippen LogP contribution in [0, 0.1) is 0 Å². The molecule has 154 valence electrons. The molecule has 0 atom stereocenters. The van der Waals surface area contributed by atoms with Gasteiger partial charge in [0, 0.05) is 28.2 Å². The number of benzene rings is 2. The van der Waals surface area contributed by atoms with E-state index in [4.69, 9.17) is 25.8 Å². The molecule has 30 heavy (non-hydrogen) atoms. The lowest BCUT2D eigenvalue weighted by molar-refractivity contribution is -0.113. The number of anilines is 1. The maximum atomic E-state index is 12.5. The Morgan fingerprint density at radius 1 is 1.20 bits per heavy atom. The lowest BCUT2D eigenvalue weighted by Gasteiger charge is -2.09. The van der Waals surface area contributed by atoms with Gasteiger partial charge < -0.3 is 19.5 Å².